The zero-order valence-corrected chi connectivity index (χ0v) is 13.2. The zero-order chi connectivity index (χ0) is 16.3. The molecular weight excluding hydrogens is 284 g/mol. The topological polar surface area (TPSA) is 26.3 Å². The highest BCUT2D eigenvalue weighted by Gasteiger charge is 2.58. The van der Waals surface area contributed by atoms with Crippen molar-refractivity contribution in [1.29, 1.82) is 0 Å². The summed E-state index contributed by atoms with van der Waals surface area (Å²) in [5, 5.41) is 0. The van der Waals surface area contributed by atoms with Gasteiger partial charge in [0.05, 0.1) is 12.5 Å². The molecule has 0 N–H and O–H groups in total. The number of ether oxygens (including phenoxy) is 1. The van der Waals surface area contributed by atoms with E-state index in [4.69, 9.17) is 11.2 Å². The summed E-state index contributed by atoms with van der Waals surface area (Å²) < 4.78 is 5.21. The summed E-state index contributed by atoms with van der Waals surface area (Å²) in [5.74, 6) is 2.27. The van der Waals surface area contributed by atoms with Crippen molar-refractivity contribution in [2.24, 2.45) is 11.8 Å². The lowest BCUT2D eigenvalue weighted by Crippen LogP contribution is -2.54. The molecule has 0 spiro atoms. The molecule has 0 aliphatic heterocycles. The molecular formula is C21H20O2. The lowest BCUT2D eigenvalue weighted by molar-refractivity contribution is -0.155. The van der Waals surface area contributed by atoms with E-state index in [1.165, 1.54) is 0 Å². The third-order valence-corrected chi connectivity index (χ3v) is 4.82. The van der Waals surface area contributed by atoms with Gasteiger partial charge in [0.15, 0.2) is 0 Å². The standard InChI is InChI=1S/C21H20O2/c1-3-19-18(20(22)23-4-2)15-21(19,16-11-7-5-8-12-16)17-13-9-6-10-14-17/h1,5-14,18-19H,4,15H2,2H3. The van der Waals surface area contributed by atoms with Crippen molar-refractivity contribution < 1.29 is 9.53 Å². The highest BCUT2D eigenvalue weighted by atomic mass is 16.5. The Labute approximate surface area is 137 Å². The van der Waals surface area contributed by atoms with Gasteiger partial charge in [-0.1, -0.05) is 60.7 Å². The van der Waals surface area contributed by atoms with E-state index < -0.39 is 0 Å². The van der Waals surface area contributed by atoms with Crippen molar-refractivity contribution in [1.82, 2.24) is 0 Å². The minimum absolute atomic E-state index is 0.182. The fourth-order valence-corrected chi connectivity index (χ4v) is 3.73. The molecule has 2 aromatic rings. The van der Waals surface area contributed by atoms with Crippen LogP contribution in [0.15, 0.2) is 60.7 Å². The Kier molecular flexibility index (Phi) is 4.21. The van der Waals surface area contributed by atoms with Gasteiger partial charge in [0.1, 0.15) is 0 Å². The second-order valence-corrected chi connectivity index (χ2v) is 5.91. The predicted molar refractivity (Wildman–Crippen MR) is 90.7 cm³/mol. The largest absolute Gasteiger partial charge is 0.466 e. The first-order valence-corrected chi connectivity index (χ1v) is 7.98. The van der Waals surface area contributed by atoms with E-state index in [1.54, 1.807) is 0 Å². The van der Waals surface area contributed by atoms with Gasteiger partial charge >= 0.3 is 5.97 Å². The second kappa shape index (κ2) is 6.30. The van der Waals surface area contributed by atoms with E-state index in [-0.39, 0.29) is 23.2 Å². The van der Waals surface area contributed by atoms with Crippen LogP contribution in [0.3, 0.4) is 0 Å². The summed E-state index contributed by atoms with van der Waals surface area (Å²) in [6.07, 6.45) is 6.54. The monoisotopic (exact) mass is 304 g/mol. The minimum atomic E-state index is -0.311. The van der Waals surface area contributed by atoms with Gasteiger partial charge in [-0.15, -0.1) is 12.3 Å². The quantitative estimate of drug-likeness (QED) is 0.634. The maximum absolute atomic E-state index is 12.2. The van der Waals surface area contributed by atoms with Crippen LogP contribution in [0.1, 0.15) is 24.5 Å². The van der Waals surface area contributed by atoms with Crippen LogP contribution in [0.5, 0.6) is 0 Å². The van der Waals surface area contributed by atoms with Crippen LogP contribution in [0.2, 0.25) is 0 Å². The van der Waals surface area contributed by atoms with Crippen molar-refractivity contribution in [2.45, 2.75) is 18.8 Å². The van der Waals surface area contributed by atoms with Crippen LogP contribution in [0, 0.1) is 24.2 Å². The normalized spacial score (nSPS) is 21.7. The predicted octanol–water partition coefficient (Wildman–Crippen LogP) is 3.81. The van der Waals surface area contributed by atoms with Gasteiger partial charge in [-0.05, 0) is 24.5 Å². The molecule has 1 fully saturated rings. The summed E-state index contributed by atoms with van der Waals surface area (Å²) in [4.78, 5) is 12.2. The van der Waals surface area contributed by atoms with Crippen molar-refractivity contribution in [3.63, 3.8) is 0 Å². The summed E-state index contributed by atoms with van der Waals surface area (Å²) in [6.45, 7) is 2.21. The van der Waals surface area contributed by atoms with Gasteiger partial charge in [0.25, 0.3) is 0 Å². The SMILES string of the molecule is C#CC1C(C(=O)OCC)CC1(c1ccccc1)c1ccccc1. The van der Waals surface area contributed by atoms with E-state index in [9.17, 15) is 4.79 Å². The minimum Gasteiger partial charge on any atom is -0.466 e. The maximum atomic E-state index is 12.2. The fourth-order valence-electron chi connectivity index (χ4n) is 3.73. The molecule has 2 heteroatoms. The van der Waals surface area contributed by atoms with Crippen LogP contribution in [0.25, 0.3) is 0 Å². The molecule has 0 saturated heterocycles. The number of carbonyl (C=O) groups excluding carboxylic acids is 1. The number of hydrogen-bond donors (Lipinski definition) is 0. The number of benzene rings is 2. The molecule has 1 aliphatic carbocycles. The first-order chi connectivity index (χ1) is 11.2. The van der Waals surface area contributed by atoms with E-state index in [1.807, 2.05) is 43.3 Å². The molecule has 2 unspecified atom stereocenters. The highest BCUT2D eigenvalue weighted by Crippen LogP contribution is 2.56. The Morgan fingerprint density at radius 3 is 2.09 bits per heavy atom. The molecule has 3 rings (SSSR count). The van der Waals surface area contributed by atoms with Crippen LogP contribution >= 0.6 is 0 Å². The van der Waals surface area contributed by atoms with E-state index in [0.29, 0.717) is 13.0 Å². The molecule has 0 bridgehead atoms. The first-order valence-electron chi connectivity index (χ1n) is 7.98. The molecule has 0 aromatic heterocycles. The number of terminal acetylenes is 1. The molecule has 2 atom stereocenters. The van der Waals surface area contributed by atoms with Gasteiger partial charge in [0, 0.05) is 11.3 Å². The van der Waals surface area contributed by atoms with Crippen molar-refractivity contribution in [3.8, 4) is 12.3 Å². The summed E-state index contributed by atoms with van der Waals surface area (Å²) in [5.41, 5.74) is 2.01. The molecule has 23 heavy (non-hydrogen) atoms. The Morgan fingerprint density at radius 1 is 1.13 bits per heavy atom. The van der Waals surface area contributed by atoms with E-state index in [0.717, 1.165) is 11.1 Å². The Hall–Kier alpha value is -2.53. The van der Waals surface area contributed by atoms with E-state index >= 15 is 0 Å². The highest BCUT2D eigenvalue weighted by molar-refractivity contribution is 5.77. The summed E-state index contributed by atoms with van der Waals surface area (Å²) in [7, 11) is 0. The van der Waals surface area contributed by atoms with Crippen LogP contribution in [-0.2, 0) is 14.9 Å². The van der Waals surface area contributed by atoms with Gasteiger partial charge in [-0.25, -0.2) is 0 Å². The number of carbonyl (C=O) groups is 1. The third-order valence-electron chi connectivity index (χ3n) is 4.82. The summed E-state index contributed by atoms with van der Waals surface area (Å²) in [6, 6.07) is 20.4. The molecule has 116 valence electrons. The van der Waals surface area contributed by atoms with Crippen molar-refractivity contribution in [2.75, 3.05) is 6.61 Å². The molecule has 2 nitrogen and oxygen atoms in total. The fraction of sp³-hybridized carbons (Fsp3) is 0.286. The average molecular weight is 304 g/mol. The van der Waals surface area contributed by atoms with Crippen LogP contribution in [0.4, 0.5) is 0 Å². The molecule has 2 aromatic carbocycles. The first kappa shape index (κ1) is 15.4. The lowest BCUT2D eigenvalue weighted by Gasteiger charge is -2.52. The molecule has 0 amide bonds. The molecule has 0 heterocycles. The van der Waals surface area contributed by atoms with Crippen LogP contribution in [-0.4, -0.2) is 12.6 Å². The zero-order valence-electron chi connectivity index (χ0n) is 13.2. The Morgan fingerprint density at radius 2 is 1.65 bits per heavy atom. The number of hydrogen-bond acceptors (Lipinski definition) is 2. The second-order valence-electron chi connectivity index (χ2n) is 5.91. The van der Waals surface area contributed by atoms with Gasteiger partial charge < -0.3 is 4.74 Å². The summed E-state index contributed by atoms with van der Waals surface area (Å²) >= 11 is 0. The smallest absolute Gasteiger partial charge is 0.310 e. The molecule has 1 aliphatic rings. The molecule has 1 saturated carbocycles. The van der Waals surface area contributed by atoms with Gasteiger partial charge in [-0.3, -0.25) is 4.79 Å². The average Bonchev–Trinajstić information content (AvgIpc) is 2.57. The number of esters is 1. The van der Waals surface area contributed by atoms with Crippen molar-refractivity contribution in [3.05, 3.63) is 71.8 Å². The third kappa shape index (κ3) is 2.43. The Bertz CT molecular complexity index is 673. The lowest BCUT2D eigenvalue weighted by atomic mass is 9.48. The van der Waals surface area contributed by atoms with Crippen molar-refractivity contribution >= 4 is 5.97 Å². The molecule has 0 radical (unpaired) electrons. The number of rotatable bonds is 4. The van der Waals surface area contributed by atoms with Gasteiger partial charge in [-0.2, -0.15) is 0 Å². The maximum Gasteiger partial charge on any atom is 0.310 e. The van der Waals surface area contributed by atoms with Gasteiger partial charge in [0.2, 0.25) is 0 Å². The Balaban J connectivity index is 2.06. The van der Waals surface area contributed by atoms with E-state index in [2.05, 4.69) is 30.2 Å². The van der Waals surface area contributed by atoms with Crippen LogP contribution < -0.4 is 0 Å².